The molecule has 0 aliphatic rings. The van der Waals surface area contributed by atoms with Crippen molar-refractivity contribution in [3.8, 4) is 11.3 Å². The smallest absolute Gasteiger partial charge is 0.0706 e. The average molecular weight is 267 g/mol. The maximum atomic E-state index is 5.98. The molecule has 1 aromatic heterocycles. The van der Waals surface area contributed by atoms with Gasteiger partial charge in [0.05, 0.1) is 5.69 Å². The predicted molar refractivity (Wildman–Crippen MR) is 72.5 cm³/mol. The van der Waals surface area contributed by atoms with Gasteiger partial charge in [-0.05, 0) is 42.9 Å². The highest BCUT2D eigenvalue weighted by molar-refractivity contribution is 6.35. The molecule has 1 aromatic carbocycles. The van der Waals surface area contributed by atoms with E-state index in [1.54, 1.807) is 12.3 Å². The molecule has 2 aromatic rings. The van der Waals surface area contributed by atoms with Crippen LogP contribution in [-0.2, 0) is 6.54 Å². The Balaban J connectivity index is 2.41. The third-order valence-corrected chi connectivity index (χ3v) is 2.80. The highest BCUT2D eigenvalue weighted by Crippen LogP contribution is 2.26. The largest absolute Gasteiger partial charge is 0.316 e. The van der Waals surface area contributed by atoms with Gasteiger partial charge in [0, 0.05) is 28.4 Å². The Hall–Kier alpha value is -1.09. The number of benzene rings is 1. The van der Waals surface area contributed by atoms with Crippen molar-refractivity contribution < 1.29 is 0 Å². The Kier molecular flexibility index (Phi) is 4.00. The molecule has 0 fully saturated rings. The second kappa shape index (κ2) is 5.50. The normalized spacial score (nSPS) is 10.5. The number of rotatable bonds is 3. The van der Waals surface area contributed by atoms with Crippen LogP contribution in [0.3, 0.4) is 0 Å². The van der Waals surface area contributed by atoms with Crippen LogP contribution in [0.4, 0.5) is 0 Å². The number of halogens is 2. The lowest BCUT2D eigenvalue weighted by Crippen LogP contribution is -2.05. The van der Waals surface area contributed by atoms with Gasteiger partial charge in [-0.25, -0.2) is 0 Å². The molecule has 2 rings (SSSR count). The van der Waals surface area contributed by atoms with E-state index in [-0.39, 0.29) is 0 Å². The van der Waals surface area contributed by atoms with E-state index in [9.17, 15) is 0 Å². The predicted octanol–water partition coefficient (Wildman–Crippen LogP) is 3.77. The first-order valence-electron chi connectivity index (χ1n) is 5.25. The second-order valence-electron chi connectivity index (χ2n) is 3.74. The summed E-state index contributed by atoms with van der Waals surface area (Å²) >= 11 is 12.0. The van der Waals surface area contributed by atoms with Crippen molar-refractivity contribution in [1.82, 2.24) is 10.3 Å². The van der Waals surface area contributed by atoms with E-state index in [1.807, 2.05) is 31.3 Å². The summed E-state index contributed by atoms with van der Waals surface area (Å²) in [5, 5.41) is 4.34. The van der Waals surface area contributed by atoms with Gasteiger partial charge >= 0.3 is 0 Å². The van der Waals surface area contributed by atoms with Crippen LogP contribution in [0.25, 0.3) is 11.3 Å². The summed E-state index contributed by atoms with van der Waals surface area (Å²) in [6.45, 7) is 0.809. The zero-order valence-corrected chi connectivity index (χ0v) is 10.9. The van der Waals surface area contributed by atoms with Crippen LogP contribution in [-0.4, -0.2) is 12.0 Å². The van der Waals surface area contributed by atoms with Crippen molar-refractivity contribution in [3.05, 3.63) is 52.1 Å². The number of nitrogens with zero attached hydrogens (tertiary/aromatic N) is 1. The van der Waals surface area contributed by atoms with Crippen LogP contribution in [0.15, 0.2) is 36.5 Å². The Labute approximate surface area is 111 Å². The first-order valence-corrected chi connectivity index (χ1v) is 6.00. The van der Waals surface area contributed by atoms with Gasteiger partial charge in [-0.1, -0.05) is 23.2 Å². The van der Waals surface area contributed by atoms with Crippen molar-refractivity contribution in [1.29, 1.82) is 0 Å². The Bertz CT molecular complexity index is 506. The fourth-order valence-corrected chi connectivity index (χ4v) is 2.17. The maximum Gasteiger partial charge on any atom is 0.0706 e. The molecule has 88 valence electrons. The van der Waals surface area contributed by atoms with Gasteiger partial charge in [-0.15, -0.1) is 0 Å². The van der Waals surface area contributed by atoms with E-state index in [1.165, 1.54) is 5.56 Å². The first-order chi connectivity index (χ1) is 8.19. The summed E-state index contributed by atoms with van der Waals surface area (Å²) < 4.78 is 0. The average Bonchev–Trinajstić information content (AvgIpc) is 2.28. The summed E-state index contributed by atoms with van der Waals surface area (Å²) in [5.41, 5.74) is 2.98. The summed E-state index contributed by atoms with van der Waals surface area (Å²) in [4.78, 5) is 4.33. The quantitative estimate of drug-likeness (QED) is 0.915. The molecule has 0 atom stereocenters. The molecule has 0 saturated carbocycles. The molecule has 0 amide bonds. The number of hydrogen-bond acceptors (Lipinski definition) is 2. The monoisotopic (exact) mass is 266 g/mol. The van der Waals surface area contributed by atoms with Gasteiger partial charge < -0.3 is 5.32 Å². The van der Waals surface area contributed by atoms with Gasteiger partial charge in [0.25, 0.3) is 0 Å². The van der Waals surface area contributed by atoms with Crippen molar-refractivity contribution >= 4 is 23.2 Å². The molecule has 2 nitrogen and oxygen atoms in total. The van der Waals surface area contributed by atoms with E-state index < -0.39 is 0 Å². The first kappa shape index (κ1) is 12.4. The molecule has 0 bridgehead atoms. The molecule has 0 unspecified atom stereocenters. The van der Waals surface area contributed by atoms with E-state index in [0.717, 1.165) is 17.8 Å². The highest BCUT2D eigenvalue weighted by Gasteiger charge is 2.03. The Morgan fingerprint density at radius 1 is 1.12 bits per heavy atom. The minimum Gasteiger partial charge on any atom is -0.316 e. The Morgan fingerprint density at radius 2 is 1.82 bits per heavy atom. The molecular formula is C13H12Cl2N2. The fourth-order valence-electron chi connectivity index (χ4n) is 1.65. The molecule has 1 N–H and O–H groups in total. The molecule has 4 heteroatoms. The van der Waals surface area contributed by atoms with E-state index in [4.69, 9.17) is 23.2 Å². The van der Waals surface area contributed by atoms with Crippen LogP contribution in [0.1, 0.15) is 5.56 Å². The van der Waals surface area contributed by atoms with Gasteiger partial charge in [0.15, 0.2) is 0 Å². The van der Waals surface area contributed by atoms with Crippen molar-refractivity contribution in [3.63, 3.8) is 0 Å². The van der Waals surface area contributed by atoms with Gasteiger partial charge in [-0.3, -0.25) is 4.98 Å². The third-order valence-electron chi connectivity index (χ3n) is 2.36. The highest BCUT2D eigenvalue weighted by atomic mass is 35.5. The van der Waals surface area contributed by atoms with Crippen molar-refractivity contribution in [2.75, 3.05) is 7.05 Å². The summed E-state index contributed by atoms with van der Waals surface area (Å²) in [7, 11) is 1.91. The molecule has 0 aliphatic carbocycles. The topological polar surface area (TPSA) is 24.9 Å². The van der Waals surface area contributed by atoms with Crippen LogP contribution in [0, 0.1) is 0 Å². The lowest BCUT2D eigenvalue weighted by Gasteiger charge is -2.05. The van der Waals surface area contributed by atoms with E-state index in [2.05, 4.69) is 10.3 Å². The molecule has 17 heavy (non-hydrogen) atoms. The van der Waals surface area contributed by atoms with E-state index in [0.29, 0.717) is 10.0 Å². The van der Waals surface area contributed by atoms with Gasteiger partial charge in [0.1, 0.15) is 0 Å². The lowest BCUT2D eigenvalue weighted by molar-refractivity contribution is 0.816. The van der Waals surface area contributed by atoms with Crippen molar-refractivity contribution in [2.45, 2.75) is 6.54 Å². The Morgan fingerprint density at radius 3 is 2.47 bits per heavy atom. The molecule has 0 spiro atoms. The third kappa shape index (κ3) is 3.19. The fraction of sp³-hybridized carbons (Fsp3) is 0.154. The molecule has 0 radical (unpaired) electrons. The van der Waals surface area contributed by atoms with Crippen molar-refractivity contribution in [2.24, 2.45) is 0 Å². The minimum atomic E-state index is 0.619. The van der Waals surface area contributed by atoms with Gasteiger partial charge in [0.2, 0.25) is 0 Å². The minimum absolute atomic E-state index is 0.619. The van der Waals surface area contributed by atoms with Crippen LogP contribution in [0.5, 0.6) is 0 Å². The summed E-state index contributed by atoms with van der Waals surface area (Å²) in [5.74, 6) is 0. The number of hydrogen-bond donors (Lipinski definition) is 1. The summed E-state index contributed by atoms with van der Waals surface area (Å²) in [6, 6.07) is 9.44. The SMILES string of the molecule is CNCc1ccnc(-c2cc(Cl)cc(Cl)c2)c1. The summed E-state index contributed by atoms with van der Waals surface area (Å²) in [6.07, 6.45) is 1.79. The number of pyridine rings is 1. The molecular weight excluding hydrogens is 255 g/mol. The van der Waals surface area contributed by atoms with Crippen LogP contribution < -0.4 is 5.32 Å². The van der Waals surface area contributed by atoms with Crippen LogP contribution in [0.2, 0.25) is 10.0 Å². The molecule has 0 saturated heterocycles. The van der Waals surface area contributed by atoms with Crippen LogP contribution >= 0.6 is 23.2 Å². The zero-order valence-electron chi connectivity index (χ0n) is 9.37. The number of aromatic nitrogens is 1. The zero-order chi connectivity index (χ0) is 12.3. The molecule has 0 aliphatic heterocycles. The standard InChI is InChI=1S/C13H12Cl2N2/c1-16-8-9-2-3-17-13(4-9)10-5-11(14)7-12(15)6-10/h2-7,16H,8H2,1H3. The maximum absolute atomic E-state index is 5.98. The molecule has 1 heterocycles. The van der Waals surface area contributed by atoms with E-state index >= 15 is 0 Å². The lowest BCUT2D eigenvalue weighted by atomic mass is 10.1. The number of nitrogens with one attached hydrogen (secondary N) is 1. The van der Waals surface area contributed by atoms with Gasteiger partial charge in [-0.2, -0.15) is 0 Å². The second-order valence-corrected chi connectivity index (χ2v) is 4.61.